The fourth-order valence-electron chi connectivity index (χ4n) is 1.41. The molecule has 1 atom stereocenters. The number of hydrogen-bond acceptors (Lipinski definition) is 2. The monoisotopic (exact) mass is 303 g/mol. The molecule has 0 radical (unpaired) electrons. The lowest BCUT2D eigenvalue weighted by molar-refractivity contribution is 0.0906. The van der Waals surface area contributed by atoms with Crippen molar-refractivity contribution >= 4 is 21.8 Å². The molecule has 5 heteroatoms. The second-order valence-corrected chi connectivity index (χ2v) is 4.69. The van der Waals surface area contributed by atoms with E-state index in [9.17, 15) is 14.3 Å². The third-order valence-corrected chi connectivity index (χ3v) is 2.79. The van der Waals surface area contributed by atoms with Gasteiger partial charge in [-0.25, -0.2) is 4.39 Å². The van der Waals surface area contributed by atoms with Gasteiger partial charge in [0, 0.05) is 11.0 Å². The molecule has 1 amide bonds. The Morgan fingerprint density at radius 2 is 2.29 bits per heavy atom. The summed E-state index contributed by atoms with van der Waals surface area (Å²) >= 11 is 3.12. The Kier molecular flexibility index (Phi) is 5.58. The van der Waals surface area contributed by atoms with E-state index >= 15 is 0 Å². The molecule has 0 aromatic heterocycles. The summed E-state index contributed by atoms with van der Waals surface area (Å²) in [5.41, 5.74) is -0.0168. The van der Waals surface area contributed by atoms with Crippen LogP contribution in [0.2, 0.25) is 0 Å². The van der Waals surface area contributed by atoms with Crippen molar-refractivity contribution in [1.29, 1.82) is 0 Å². The molecule has 0 saturated heterocycles. The molecular formula is C12H15BrFNO2. The molecule has 1 unspecified atom stereocenters. The lowest BCUT2D eigenvalue weighted by Crippen LogP contribution is -2.32. The number of rotatable bonds is 5. The van der Waals surface area contributed by atoms with Crippen LogP contribution in [-0.2, 0) is 0 Å². The average molecular weight is 304 g/mol. The maximum atomic E-state index is 13.4. The molecule has 17 heavy (non-hydrogen) atoms. The van der Waals surface area contributed by atoms with Crippen molar-refractivity contribution in [3.8, 4) is 0 Å². The van der Waals surface area contributed by atoms with E-state index in [4.69, 9.17) is 0 Å². The Morgan fingerprint density at radius 3 is 2.88 bits per heavy atom. The SMILES string of the molecule is CCCC(O)CNC(=O)c1ccc(Br)cc1F. The molecule has 0 saturated carbocycles. The molecule has 1 aromatic rings. The van der Waals surface area contributed by atoms with Gasteiger partial charge in [-0.05, 0) is 24.6 Å². The molecule has 2 N–H and O–H groups in total. The van der Waals surface area contributed by atoms with Gasteiger partial charge in [0.25, 0.3) is 5.91 Å². The average Bonchev–Trinajstić information content (AvgIpc) is 2.26. The molecule has 0 aliphatic carbocycles. The third-order valence-electron chi connectivity index (χ3n) is 2.30. The molecule has 3 nitrogen and oxygen atoms in total. The smallest absolute Gasteiger partial charge is 0.254 e. The Hall–Kier alpha value is -0.940. The lowest BCUT2D eigenvalue weighted by Gasteiger charge is -2.11. The van der Waals surface area contributed by atoms with E-state index in [1.807, 2.05) is 6.92 Å². The third kappa shape index (κ3) is 4.44. The van der Waals surface area contributed by atoms with E-state index in [2.05, 4.69) is 21.2 Å². The van der Waals surface area contributed by atoms with E-state index in [1.54, 1.807) is 6.07 Å². The van der Waals surface area contributed by atoms with E-state index in [0.717, 1.165) is 6.42 Å². The van der Waals surface area contributed by atoms with E-state index in [-0.39, 0.29) is 12.1 Å². The highest BCUT2D eigenvalue weighted by atomic mass is 79.9. The standard InChI is InChI=1S/C12H15BrFNO2/c1-2-3-9(16)7-15-12(17)10-5-4-8(13)6-11(10)14/h4-6,9,16H,2-3,7H2,1H3,(H,15,17). The van der Waals surface area contributed by atoms with Gasteiger partial charge in [0.15, 0.2) is 0 Å². The van der Waals surface area contributed by atoms with Crippen LogP contribution in [0.4, 0.5) is 4.39 Å². The number of halogens is 2. The minimum Gasteiger partial charge on any atom is -0.391 e. The van der Waals surface area contributed by atoms with Crippen molar-refractivity contribution in [2.24, 2.45) is 0 Å². The number of aliphatic hydroxyl groups excluding tert-OH is 1. The summed E-state index contributed by atoms with van der Waals surface area (Å²) in [5, 5.41) is 11.9. The highest BCUT2D eigenvalue weighted by molar-refractivity contribution is 9.10. The van der Waals surface area contributed by atoms with Gasteiger partial charge in [-0.3, -0.25) is 4.79 Å². The first-order valence-corrected chi connectivity index (χ1v) is 6.25. The first kappa shape index (κ1) is 14.1. The van der Waals surface area contributed by atoms with Crippen LogP contribution in [0.5, 0.6) is 0 Å². The molecule has 1 aromatic carbocycles. The highest BCUT2D eigenvalue weighted by Gasteiger charge is 2.12. The number of nitrogens with one attached hydrogen (secondary N) is 1. The fourth-order valence-corrected chi connectivity index (χ4v) is 1.75. The Morgan fingerprint density at radius 1 is 1.59 bits per heavy atom. The van der Waals surface area contributed by atoms with Crippen LogP contribution in [0.25, 0.3) is 0 Å². The zero-order chi connectivity index (χ0) is 12.8. The van der Waals surface area contributed by atoms with Crippen LogP contribution in [0, 0.1) is 5.82 Å². The van der Waals surface area contributed by atoms with Crippen molar-refractivity contribution in [3.63, 3.8) is 0 Å². The van der Waals surface area contributed by atoms with Crippen molar-refractivity contribution in [2.75, 3.05) is 6.54 Å². The van der Waals surface area contributed by atoms with Crippen molar-refractivity contribution in [1.82, 2.24) is 5.32 Å². The normalized spacial score (nSPS) is 12.2. The van der Waals surface area contributed by atoms with Gasteiger partial charge in [0.1, 0.15) is 5.82 Å². The van der Waals surface area contributed by atoms with Crippen LogP contribution >= 0.6 is 15.9 Å². The van der Waals surface area contributed by atoms with Crippen LogP contribution < -0.4 is 5.32 Å². The van der Waals surface area contributed by atoms with Crippen molar-refractivity contribution < 1.29 is 14.3 Å². The van der Waals surface area contributed by atoms with Gasteiger partial charge in [-0.15, -0.1) is 0 Å². The van der Waals surface area contributed by atoms with Crippen LogP contribution in [0.3, 0.4) is 0 Å². The minimum atomic E-state index is -0.582. The van der Waals surface area contributed by atoms with E-state index in [1.165, 1.54) is 12.1 Å². The fraction of sp³-hybridized carbons (Fsp3) is 0.417. The summed E-state index contributed by atoms with van der Waals surface area (Å²) in [6.07, 6.45) is 0.870. The van der Waals surface area contributed by atoms with E-state index in [0.29, 0.717) is 10.9 Å². The number of carbonyl (C=O) groups is 1. The van der Waals surface area contributed by atoms with Gasteiger partial charge in [-0.2, -0.15) is 0 Å². The summed E-state index contributed by atoms with van der Waals surface area (Å²) in [6, 6.07) is 4.23. The second-order valence-electron chi connectivity index (χ2n) is 3.78. The Bertz CT molecular complexity index is 398. The highest BCUT2D eigenvalue weighted by Crippen LogP contribution is 2.15. The predicted octanol–water partition coefficient (Wildman–Crippen LogP) is 2.48. The summed E-state index contributed by atoms with van der Waals surface area (Å²) in [5.74, 6) is -1.09. The second kappa shape index (κ2) is 6.71. The maximum Gasteiger partial charge on any atom is 0.254 e. The number of amides is 1. The molecule has 1 rings (SSSR count). The number of aliphatic hydroxyl groups is 1. The zero-order valence-electron chi connectivity index (χ0n) is 9.54. The van der Waals surface area contributed by atoms with Crippen LogP contribution in [-0.4, -0.2) is 23.7 Å². The molecule has 0 fully saturated rings. The van der Waals surface area contributed by atoms with Crippen LogP contribution in [0.15, 0.2) is 22.7 Å². The Balaban J connectivity index is 2.58. The van der Waals surface area contributed by atoms with Crippen molar-refractivity contribution in [3.05, 3.63) is 34.1 Å². The molecule has 0 bridgehead atoms. The topological polar surface area (TPSA) is 49.3 Å². The van der Waals surface area contributed by atoms with Gasteiger partial charge in [0.05, 0.1) is 11.7 Å². The first-order chi connectivity index (χ1) is 8.04. The molecule has 0 aliphatic rings. The number of hydrogen-bond donors (Lipinski definition) is 2. The lowest BCUT2D eigenvalue weighted by atomic mass is 10.2. The number of carbonyl (C=O) groups excluding carboxylic acids is 1. The molecule has 94 valence electrons. The predicted molar refractivity (Wildman–Crippen MR) is 67.3 cm³/mol. The summed E-state index contributed by atoms with van der Waals surface area (Å²) in [6.45, 7) is 2.08. The summed E-state index contributed by atoms with van der Waals surface area (Å²) in [7, 11) is 0. The van der Waals surface area contributed by atoms with Gasteiger partial charge >= 0.3 is 0 Å². The number of benzene rings is 1. The minimum absolute atomic E-state index is 0.0168. The molecule has 0 spiro atoms. The quantitative estimate of drug-likeness (QED) is 0.878. The summed E-state index contributed by atoms with van der Waals surface area (Å²) < 4.78 is 14.0. The van der Waals surface area contributed by atoms with Crippen LogP contribution in [0.1, 0.15) is 30.1 Å². The Labute approximate surface area is 108 Å². The van der Waals surface area contributed by atoms with E-state index < -0.39 is 17.8 Å². The summed E-state index contributed by atoms with van der Waals surface area (Å²) in [4.78, 5) is 11.6. The first-order valence-electron chi connectivity index (χ1n) is 5.46. The van der Waals surface area contributed by atoms with Gasteiger partial charge < -0.3 is 10.4 Å². The molecular weight excluding hydrogens is 289 g/mol. The maximum absolute atomic E-state index is 13.4. The van der Waals surface area contributed by atoms with Gasteiger partial charge in [0.2, 0.25) is 0 Å². The van der Waals surface area contributed by atoms with Crippen molar-refractivity contribution in [2.45, 2.75) is 25.9 Å². The largest absolute Gasteiger partial charge is 0.391 e. The molecule has 0 aliphatic heterocycles. The zero-order valence-corrected chi connectivity index (χ0v) is 11.1. The molecule has 0 heterocycles. The van der Waals surface area contributed by atoms with Gasteiger partial charge in [-0.1, -0.05) is 29.3 Å².